The average Bonchev–Trinajstić information content (AvgIpc) is 3.18. The molecule has 7 heteroatoms. The van der Waals surface area contributed by atoms with Gasteiger partial charge < -0.3 is 10.2 Å². The fraction of sp³-hybridized carbons (Fsp3) is 0.333. The van der Waals surface area contributed by atoms with E-state index in [1.807, 2.05) is 22.6 Å². The van der Waals surface area contributed by atoms with Crippen LogP contribution >= 0.6 is 33.9 Å². The quantitative estimate of drug-likeness (QED) is 0.505. The number of carbonyl (C=O) groups excluding carboxylic acids is 2. The van der Waals surface area contributed by atoms with Crippen molar-refractivity contribution in [3.8, 4) is 0 Å². The molecule has 0 atom stereocenters. The number of halogens is 2. The number of anilines is 2. The molecule has 1 amide bonds. The van der Waals surface area contributed by atoms with E-state index in [2.05, 4.69) is 5.32 Å². The van der Waals surface area contributed by atoms with Crippen LogP contribution in [0.25, 0.3) is 0 Å². The highest BCUT2D eigenvalue weighted by atomic mass is 127. The predicted molar refractivity (Wildman–Crippen MR) is 107 cm³/mol. The molecule has 1 fully saturated rings. The third-order valence-electron chi connectivity index (χ3n) is 4.25. The van der Waals surface area contributed by atoms with Gasteiger partial charge in [0.1, 0.15) is 10.8 Å². The van der Waals surface area contributed by atoms with E-state index < -0.39 is 0 Å². The fourth-order valence-corrected chi connectivity index (χ4v) is 4.55. The molecule has 0 unspecified atom stereocenters. The first kappa shape index (κ1) is 18.3. The number of amides is 1. The number of thiophene rings is 1. The molecular formula is C18H18FIN2O2S. The Kier molecular flexibility index (Phi) is 5.43. The third-order valence-corrected chi connectivity index (χ3v) is 6.23. The molecule has 0 aliphatic carbocycles. The van der Waals surface area contributed by atoms with Crippen molar-refractivity contribution in [2.75, 3.05) is 18.4 Å². The van der Waals surface area contributed by atoms with Crippen LogP contribution in [0.3, 0.4) is 0 Å². The van der Waals surface area contributed by atoms with Crippen LogP contribution in [0.4, 0.5) is 15.1 Å². The summed E-state index contributed by atoms with van der Waals surface area (Å²) >= 11 is 3.26. The number of hydrogen-bond donors (Lipinski definition) is 1. The van der Waals surface area contributed by atoms with E-state index in [0.717, 1.165) is 29.5 Å². The number of likely N-dealkylation sites (tertiary alicyclic amines) is 1. The molecule has 1 N–H and O–H groups in total. The van der Waals surface area contributed by atoms with E-state index in [1.165, 1.54) is 24.3 Å². The normalized spacial score (nSPS) is 14.0. The Morgan fingerprint density at radius 3 is 2.56 bits per heavy atom. The molecule has 2 heterocycles. The van der Waals surface area contributed by atoms with E-state index in [1.54, 1.807) is 24.0 Å². The van der Waals surface area contributed by atoms with Crippen molar-refractivity contribution in [1.82, 2.24) is 4.90 Å². The first-order valence-electron chi connectivity index (χ1n) is 8.04. The Labute approximate surface area is 163 Å². The molecular weight excluding hydrogens is 454 g/mol. The first-order valence-corrected chi connectivity index (χ1v) is 9.93. The summed E-state index contributed by atoms with van der Waals surface area (Å²) < 4.78 is 15.0. The second kappa shape index (κ2) is 7.41. The van der Waals surface area contributed by atoms with Crippen molar-refractivity contribution in [3.63, 3.8) is 0 Å². The minimum Gasteiger partial charge on any atom is -0.344 e. The Morgan fingerprint density at radius 1 is 1.28 bits per heavy atom. The SMILES string of the molecule is CC(=O)c1sc(Nc2ccc(I)cc2F)c(C(=O)N2CCCC2)c1C. The Hall–Kier alpha value is -1.48. The lowest BCUT2D eigenvalue weighted by Gasteiger charge is -2.17. The maximum atomic E-state index is 14.2. The lowest BCUT2D eigenvalue weighted by molar-refractivity contribution is 0.0793. The molecule has 0 bridgehead atoms. The van der Waals surface area contributed by atoms with E-state index in [-0.39, 0.29) is 17.5 Å². The highest BCUT2D eigenvalue weighted by Gasteiger charge is 2.28. The monoisotopic (exact) mass is 472 g/mol. The average molecular weight is 472 g/mol. The molecule has 0 radical (unpaired) electrons. The topological polar surface area (TPSA) is 49.4 Å². The van der Waals surface area contributed by atoms with E-state index in [4.69, 9.17) is 0 Å². The van der Waals surface area contributed by atoms with Gasteiger partial charge in [0.15, 0.2) is 5.78 Å². The summed E-state index contributed by atoms with van der Waals surface area (Å²) in [5.41, 5.74) is 1.45. The van der Waals surface area contributed by atoms with Gasteiger partial charge in [0.05, 0.1) is 16.1 Å². The van der Waals surface area contributed by atoms with Gasteiger partial charge in [-0.3, -0.25) is 9.59 Å². The molecule has 1 aromatic carbocycles. The van der Waals surface area contributed by atoms with Crippen LogP contribution in [0.2, 0.25) is 0 Å². The number of rotatable bonds is 4. The van der Waals surface area contributed by atoms with Gasteiger partial charge in [-0.1, -0.05) is 0 Å². The molecule has 132 valence electrons. The summed E-state index contributed by atoms with van der Waals surface area (Å²) in [7, 11) is 0. The lowest BCUT2D eigenvalue weighted by Crippen LogP contribution is -2.28. The molecule has 0 saturated carbocycles. The summed E-state index contributed by atoms with van der Waals surface area (Å²) in [6.07, 6.45) is 1.98. The molecule has 1 saturated heterocycles. The number of benzene rings is 1. The Balaban J connectivity index is 2.03. The van der Waals surface area contributed by atoms with Crippen LogP contribution in [0.1, 0.15) is 45.4 Å². The van der Waals surface area contributed by atoms with Gasteiger partial charge in [-0.25, -0.2) is 4.39 Å². The number of hydrogen-bond acceptors (Lipinski definition) is 4. The van der Waals surface area contributed by atoms with Crippen molar-refractivity contribution in [1.29, 1.82) is 0 Å². The molecule has 1 aliphatic heterocycles. The molecule has 25 heavy (non-hydrogen) atoms. The smallest absolute Gasteiger partial charge is 0.257 e. The van der Waals surface area contributed by atoms with Crippen LogP contribution in [0.15, 0.2) is 18.2 Å². The highest BCUT2D eigenvalue weighted by molar-refractivity contribution is 14.1. The molecule has 2 aromatic rings. The van der Waals surface area contributed by atoms with Crippen molar-refractivity contribution in [2.45, 2.75) is 26.7 Å². The molecule has 1 aliphatic rings. The van der Waals surface area contributed by atoms with Crippen LogP contribution < -0.4 is 5.32 Å². The van der Waals surface area contributed by atoms with Gasteiger partial charge in [0, 0.05) is 16.7 Å². The van der Waals surface area contributed by atoms with Crippen molar-refractivity contribution in [3.05, 3.63) is 43.6 Å². The number of carbonyl (C=O) groups is 2. The fourth-order valence-electron chi connectivity index (χ4n) is 2.99. The van der Waals surface area contributed by atoms with E-state index >= 15 is 0 Å². The number of Topliss-reactive ketones (excluding diaryl/α,β-unsaturated/α-hetero) is 1. The lowest BCUT2D eigenvalue weighted by atomic mass is 10.1. The number of ketones is 1. The second-order valence-corrected chi connectivity index (χ2v) is 8.33. The van der Waals surface area contributed by atoms with Gasteiger partial charge in [0.25, 0.3) is 5.91 Å². The third kappa shape index (κ3) is 3.72. The van der Waals surface area contributed by atoms with Gasteiger partial charge in [-0.15, -0.1) is 11.3 Å². The molecule has 4 nitrogen and oxygen atoms in total. The number of nitrogens with one attached hydrogen (secondary N) is 1. The van der Waals surface area contributed by atoms with Crippen molar-refractivity contribution >= 4 is 56.3 Å². The van der Waals surface area contributed by atoms with Crippen LogP contribution in [0.5, 0.6) is 0 Å². The van der Waals surface area contributed by atoms with Crippen molar-refractivity contribution < 1.29 is 14.0 Å². The first-order chi connectivity index (χ1) is 11.9. The summed E-state index contributed by atoms with van der Waals surface area (Å²) in [4.78, 5) is 27.2. The van der Waals surface area contributed by atoms with Gasteiger partial charge in [-0.2, -0.15) is 0 Å². The Morgan fingerprint density at radius 2 is 1.96 bits per heavy atom. The Bertz CT molecular complexity index is 844. The molecule has 3 rings (SSSR count). The van der Waals surface area contributed by atoms with Crippen molar-refractivity contribution in [2.24, 2.45) is 0 Å². The predicted octanol–water partition coefficient (Wildman–Crippen LogP) is 4.98. The van der Waals surface area contributed by atoms with E-state index in [0.29, 0.717) is 26.7 Å². The van der Waals surface area contributed by atoms with Crippen LogP contribution in [0, 0.1) is 16.3 Å². The highest BCUT2D eigenvalue weighted by Crippen LogP contribution is 2.37. The standard InChI is InChI=1S/C18H18FIN2O2S/c1-10-15(18(24)22-7-3-4-8-22)17(25-16(10)11(2)23)21-14-6-5-12(20)9-13(14)19/h5-6,9,21H,3-4,7-8H2,1-2H3. The summed E-state index contributed by atoms with van der Waals surface area (Å²) in [6.45, 7) is 4.71. The van der Waals surface area contributed by atoms with Gasteiger partial charge in [0.2, 0.25) is 0 Å². The molecule has 0 spiro atoms. The number of nitrogens with zero attached hydrogens (tertiary/aromatic N) is 1. The zero-order valence-electron chi connectivity index (χ0n) is 14.0. The largest absolute Gasteiger partial charge is 0.344 e. The van der Waals surface area contributed by atoms with Gasteiger partial charge in [-0.05, 0) is 73.0 Å². The zero-order chi connectivity index (χ0) is 18.1. The van der Waals surface area contributed by atoms with E-state index in [9.17, 15) is 14.0 Å². The minimum atomic E-state index is -0.387. The van der Waals surface area contributed by atoms with Gasteiger partial charge >= 0.3 is 0 Å². The maximum Gasteiger partial charge on any atom is 0.257 e. The van der Waals surface area contributed by atoms with Crippen LogP contribution in [-0.2, 0) is 0 Å². The minimum absolute atomic E-state index is 0.0888. The second-order valence-electron chi connectivity index (χ2n) is 6.06. The maximum absolute atomic E-state index is 14.2. The molecule has 1 aromatic heterocycles. The zero-order valence-corrected chi connectivity index (χ0v) is 17.0. The summed E-state index contributed by atoms with van der Waals surface area (Å²) in [5, 5.41) is 3.56. The van der Waals surface area contributed by atoms with Crippen LogP contribution in [-0.4, -0.2) is 29.7 Å². The summed E-state index contributed by atoms with van der Waals surface area (Å²) in [5.74, 6) is -0.567. The summed E-state index contributed by atoms with van der Waals surface area (Å²) in [6, 6.07) is 4.86.